The lowest BCUT2D eigenvalue weighted by Crippen LogP contribution is -2.66. The molecule has 0 unspecified atom stereocenters. The number of Topliss-reactive ketones (excluding diaryl/α,β-unsaturated/α-hetero) is 1. The van der Waals surface area contributed by atoms with Crippen LogP contribution in [0.15, 0.2) is 11.1 Å². The Balaban J connectivity index is 1.46. The molecule has 0 heterocycles. The molecule has 1 amide bonds. The van der Waals surface area contributed by atoms with Crippen molar-refractivity contribution in [3.8, 4) is 0 Å². The topological polar surface area (TPSA) is 133 Å². The van der Waals surface area contributed by atoms with Gasteiger partial charge in [0, 0.05) is 36.9 Å². The van der Waals surface area contributed by atoms with Crippen molar-refractivity contribution in [3.05, 3.63) is 11.1 Å². The molecule has 5 aliphatic carbocycles. The number of aliphatic carboxylic acids is 1. The van der Waals surface area contributed by atoms with Gasteiger partial charge >= 0.3 is 11.9 Å². The van der Waals surface area contributed by atoms with Crippen molar-refractivity contribution in [2.24, 2.45) is 56.2 Å². The summed E-state index contributed by atoms with van der Waals surface area (Å²) in [7, 11) is 1.64. The molecule has 0 aromatic rings. The smallest absolute Gasteiger partial charge is 0.309 e. The van der Waals surface area contributed by atoms with Crippen molar-refractivity contribution >= 4 is 23.6 Å². The summed E-state index contributed by atoms with van der Waals surface area (Å²) in [5.41, 5.74) is 0.158. The second kappa shape index (κ2) is 13.8. The van der Waals surface area contributed by atoms with E-state index in [0.717, 1.165) is 56.9 Å². The molecular formula is C43H70N2O7. The number of fused-ring (bicyclic) bond motifs is 7. The number of hydrogen-bond acceptors (Lipinski definition) is 7. The molecule has 5 rings (SSSR count). The summed E-state index contributed by atoms with van der Waals surface area (Å²) in [6.07, 6.45) is 6.77. The first-order valence-electron chi connectivity index (χ1n) is 20.3. The van der Waals surface area contributed by atoms with Gasteiger partial charge in [-0.2, -0.15) is 0 Å². The van der Waals surface area contributed by atoms with Gasteiger partial charge in [0.25, 0.3) is 0 Å². The number of ether oxygens (including phenoxy) is 1. The minimum Gasteiger partial charge on any atom is -0.481 e. The Morgan fingerprint density at radius 2 is 1.58 bits per heavy atom. The van der Waals surface area contributed by atoms with Gasteiger partial charge in [0.15, 0.2) is 5.78 Å². The molecule has 0 radical (unpaired) electrons. The number of allylic oxidation sites excluding steroid dienone is 1. The number of carboxylic acids is 1. The van der Waals surface area contributed by atoms with Gasteiger partial charge in [0.05, 0.1) is 24.5 Å². The van der Waals surface area contributed by atoms with E-state index in [4.69, 9.17) is 4.74 Å². The maximum atomic E-state index is 14.1. The molecule has 0 aromatic carbocycles. The average molecular weight is 727 g/mol. The Labute approximate surface area is 313 Å². The molecule has 294 valence electrons. The third-order valence-electron chi connectivity index (χ3n) is 16.3. The van der Waals surface area contributed by atoms with E-state index in [0.29, 0.717) is 24.8 Å². The highest BCUT2D eigenvalue weighted by molar-refractivity contribution is 6.00. The molecule has 52 heavy (non-hydrogen) atoms. The van der Waals surface area contributed by atoms with Crippen molar-refractivity contribution in [2.45, 2.75) is 159 Å². The lowest BCUT2D eigenvalue weighted by Gasteiger charge is -2.72. The van der Waals surface area contributed by atoms with Crippen LogP contribution in [0, 0.1) is 56.2 Å². The van der Waals surface area contributed by atoms with E-state index >= 15 is 0 Å². The monoisotopic (exact) mass is 727 g/mol. The number of amides is 1. The zero-order chi connectivity index (χ0) is 39.0. The molecule has 0 bridgehead atoms. The van der Waals surface area contributed by atoms with E-state index in [1.54, 1.807) is 20.9 Å². The molecule has 0 spiro atoms. The van der Waals surface area contributed by atoms with Crippen LogP contribution >= 0.6 is 0 Å². The van der Waals surface area contributed by atoms with Crippen molar-refractivity contribution in [3.63, 3.8) is 0 Å². The Hall–Kier alpha value is -2.26. The zero-order valence-corrected chi connectivity index (χ0v) is 34.4. The van der Waals surface area contributed by atoms with E-state index < -0.39 is 28.9 Å². The number of hydrogen-bond donors (Lipinski definition) is 3. The lowest BCUT2D eigenvalue weighted by atomic mass is 9.33. The molecule has 0 saturated heterocycles. The van der Waals surface area contributed by atoms with Crippen LogP contribution in [0.3, 0.4) is 0 Å². The second-order valence-corrected chi connectivity index (χ2v) is 20.3. The first kappa shape index (κ1) is 40.9. The number of ketones is 1. The van der Waals surface area contributed by atoms with Gasteiger partial charge in [-0.15, -0.1) is 0 Å². The molecule has 4 saturated carbocycles. The van der Waals surface area contributed by atoms with Gasteiger partial charge in [0.2, 0.25) is 5.91 Å². The number of carbonyl (C=O) groups excluding carboxylic acids is 3. The second-order valence-electron chi connectivity index (χ2n) is 20.3. The van der Waals surface area contributed by atoms with Crippen LogP contribution in [-0.4, -0.2) is 77.1 Å². The fourth-order valence-electron chi connectivity index (χ4n) is 13.0. The van der Waals surface area contributed by atoms with Crippen LogP contribution < -0.4 is 5.32 Å². The molecule has 9 atom stereocenters. The third-order valence-corrected chi connectivity index (χ3v) is 16.3. The van der Waals surface area contributed by atoms with Gasteiger partial charge in [-0.05, 0) is 125 Å². The molecule has 4 fully saturated rings. The highest BCUT2D eigenvalue weighted by atomic mass is 16.5. The lowest BCUT2D eigenvalue weighted by molar-refractivity contribution is -0.235. The summed E-state index contributed by atoms with van der Waals surface area (Å²) in [5, 5.41) is 24.7. The molecule has 5 aliphatic rings. The summed E-state index contributed by atoms with van der Waals surface area (Å²) in [6.45, 7) is 24.2. The Bertz CT molecular complexity index is 1480. The summed E-state index contributed by atoms with van der Waals surface area (Å²) in [5.74, 6) is -0.224. The van der Waals surface area contributed by atoms with Crippen LogP contribution in [0.25, 0.3) is 0 Å². The fourth-order valence-corrected chi connectivity index (χ4v) is 13.0. The number of carboxylic acid groups (broad SMARTS) is 1. The molecular weight excluding hydrogens is 656 g/mol. The highest BCUT2D eigenvalue weighted by Gasteiger charge is 2.71. The van der Waals surface area contributed by atoms with E-state index in [2.05, 4.69) is 67.6 Å². The normalized spacial score (nSPS) is 37.7. The number of likely N-dealkylation sites (N-methyl/N-ethyl adjacent to an activating group) is 1. The van der Waals surface area contributed by atoms with E-state index in [1.165, 1.54) is 5.57 Å². The minimum absolute atomic E-state index is 0.0211. The average Bonchev–Trinajstić information content (AvgIpc) is 3.35. The van der Waals surface area contributed by atoms with Gasteiger partial charge in [-0.25, -0.2) is 0 Å². The predicted octanol–water partition coefficient (Wildman–Crippen LogP) is 7.20. The van der Waals surface area contributed by atoms with Gasteiger partial charge < -0.3 is 20.3 Å². The van der Waals surface area contributed by atoms with Gasteiger partial charge in [0.1, 0.15) is 6.10 Å². The summed E-state index contributed by atoms with van der Waals surface area (Å²) in [6, 6.07) is 0.0658. The molecule has 0 aromatic heterocycles. The molecule has 9 heteroatoms. The van der Waals surface area contributed by atoms with Crippen molar-refractivity contribution in [1.82, 2.24) is 10.2 Å². The summed E-state index contributed by atoms with van der Waals surface area (Å²) in [4.78, 5) is 53.4. The number of aliphatic hydroxyl groups excluding tert-OH is 1. The predicted molar refractivity (Wildman–Crippen MR) is 202 cm³/mol. The van der Waals surface area contributed by atoms with Crippen molar-refractivity contribution < 1.29 is 34.1 Å². The standard InChI is InChI=1S/C43H70N2O7/c1-25(2)35-28(46)21-43(31(47)23-45(26(3)4)24-33(48)44-12)20-19-41(10)27(36(35)43)13-14-30-40(9)17-16-32(52-34(49)22-38(5,6)37(50)51)39(7,8)29(40)15-18-42(30,41)11/h25-27,29-32,47H,13-24H2,1-12H3,(H,44,48)(H,50,51)/t27-,29+,30-,31+,32+,40+,41-,42-,43+/m1/s1. The van der Waals surface area contributed by atoms with Crippen LogP contribution in [0.2, 0.25) is 0 Å². The van der Waals surface area contributed by atoms with E-state index in [-0.39, 0.29) is 70.3 Å². The maximum absolute atomic E-state index is 14.1. The van der Waals surface area contributed by atoms with Gasteiger partial charge in [-0.3, -0.25) is 24.1 Å². The van der Waals surface area contributed by atoms with Crippen LogP contribution in [0.4, 0.5) is 0 Å². The van der Waals surface area contributed by atoms with Crippen LogP contribution in [0.5, 0.6) is 0 Å². The van der Waals surface area contributed by atoms with Crippen molar-refractivity contribution in [2.75, 3.05) is 20.1 Å². The summed E-state index contributed by atoms with van der Waals surface area (Å²) < 4.78 is 6.16. The first-order chi connectivity index (χ1) is 23.9. The van der Waals surface area contributed by atoms with E-state index in [1.807, 2.05) is 4.90 Å². The molecule has 3 N–H and O–H groups in total. The Kier molecular flexibility index (Phi) is 10.9. The maximum Gasteiger partial charge on any atom is 0.309 e. The van der Waals surface area contributed by atoms with Crippen molar-refractivity contribution in [1.29, 1.82) is 0 Å². The van der Waals surface area contributed by atoms with E-state index in [9.17, 15) is 29.4 Å². The number of rotatable bonds is 11. The third kappa shape index (κ3) is 6.29. The first-order valence-corrected chi connectivity index (χ1v) is 20.3. The number of nitrogens with one attached hydrogen (secondary N) is 1. The Morgan fingerprint density at radius 3 is 2.15 bits per heavy atom. The Morgan fingerprint density at radius 1 is 0.923 bits per heavy atom. The minimum atomic E-state index is -1.17. The van der Waals surface area contributed by atoms with Gasteiger partial charge in [-0.1, -0.05) is 54.0 Å². The quantitative estimate of drug-likeness (QED) is 0.191. The number of esters is 1. The SMILES string of the molecule is CNC(=O)CN(C[C@H](O)[C@@]12CC[C@]3(C)[C@H](CC[C@@H]4[C@@]5(C)CC[C@H](OC(=O)CC(C)(C)C(=O)O)C(C)(C)[C@@H]5CC[C@]43C)C1=C(C(C)C)C(=O)C2)C(C)C. The van der Waals surface area contributed by atoms with Crippen LogP contribution in [0.1, 0.15) is 140 Å². The zero-order valence-electron chi connectivity index (χ0n) is 34.4. The van der Waals surface area contributed by atoms with Crippen LogP contribution in [-0.2, 0) is 23.9 Å². The number of nitrogens with zero attached hydrogens (tertiary/aromatic N) is 1. The number of carbonyl (C=O) groups is 4. The molecule has 0 aliphatic heterocycles. The number of aliphatic hydroxyl groups is 1. The highest BCUT2D eigenvalue weighted by Crippen LogP contribution is 2.77. The summed E-state index contributed by atoms with van der Waals surface area (Å²) >= 11 is 0. The fraction of sp³-hybridized carbons (Fsp3) is 0.860. The largest absolute Gasteiger partial charge is 0.481 e. The molecule has 9 nitrogen and oxygen atoms in total.